The quantitative estimate of drug-likeness (QED) is 0.427. The van der Waals surface area contributed by atoms with Crippen molar-refractivity contribution in [1.29, 1.82) is 0 Å². The number of fused-ring (bicyclic) bond motifs is 3. The molecule has 3 aliphatic heterocycles. The van der Waals surface area contributed by atoms with Crippen LogP contribution in [0.25, 0.3) is 22.5 Å². The molecule has 0 aromatic heterocycles. The first-order valence-corrected chi connectivity index (χ1v) is 12.4. The molecule has 0 saturated carbocycles. The van der Waals surface area contributed by atoms with Crippen molar-refractivity contribution in [2.75, 3.05) is 23.6 Å². The van der Waals surface area contributed by atoms with Crippen LogP contribution in [0, 0.1) is 6.92 Å². The lowest BCUT2D eigenvalue weighted by Gasteiger charge is -2.19. The van der Waals surface area contributed by atoms with E-state index >= 15 is 0 Å². The van der Waals surface area contributed by atoms with Crippen LogP contribution in [0.3, 0.4) is 0 Å². The summed E-state index contributed by atoms with van der Waals surface area (Å²) < 4.78 is 69.5. The number of sulfonamides is 1. The third-order valence-electron chi connectivity index (χ3n) is 5.94. The molecule has 0 amide bonds. The van der Waals surface area contributed by atoms with E-state index in [1.165, 1.54) is 0 Å². The molecular weight excluding hydrogens is 493 g/mol. The molecule has 0 aliphatic carbocycles. The van der Waals surface area contributed by atoms with Crippen LogP contribution in [-0.2, 0) is 22.7 Å². The number of aryl methyl sites for hydroxylation is 1. The average Bonchev–Trinajstić information content (AvgIpc) is 3.34. The Bertz CT molecular complexity index is 1630. The maximum absolute atomic E-state index is 13.1. The van der Waals surface area contributed by atoms with Crippen LogP contribution in [0.4, 0.5) is 24.7 Å². The highest BCUT2D eigenvalue weighted by atomic mass is 32.2. The van der Waals surface area contributed by atoms with E-state index in [0.717, 1.165) is 52.1 Å². The van der Waals surface area contributed by atoms with Gasteiger partial charge in [-0.25, -0.2) is 13.4 Å². The Kier molecular flexibility index (Phi) is 5.70. The predicted molar refractivity (Wildman–Crippen MR) is 129 cm³/mol. The van der Waals surface area contributed by atoms with Gasteiger partial charge in [0.2, 0.25) is 5.62 Å². The summed E-state index contributed by atoms with van der Waals surface area (Å²) in [5.41, 5.74) is 2.81. The summed E-state index contributed by atoms with van der Waals surface area (Å²) in [4.78, 5) is 12.3. The maximum Gasteiger partial charge on any atom is 0.416 e. The summed E-state index contributed by atoms with van der Waals surface area (Å²) >= 11 is 0. The summed E-state index contributed by atoms with van der Waals surface area (Å²) in [6, 6.07) is 10.6. The van der Waals surface area contributed by atoms with Gasteiger partial charge in [-0.3, -0.25) is 9.71 Å². The number of hydrogen-bond donors (Lipinski definition) is 2. The van der Waals surface area contributed by atoms with Crippen molar-refractivity contribution < 1.29 is 21.6 Å². The molecule has 8 nitrogen and oxygen atoms in total. The lowest BCUT2D eigenvalue weighted by molar-refractivity contribution is -0.137. The smallest absolute Gasteiger partial charge is 0.369 e. The third kappa shape index (κ3) is 4.28. The molecule has 3 heterocycles. The van der Waals surface area contributed by atoms with E-state index in [1.54, 1.807) is 31.4 Å². The molecule has 2 aromatic carbocycles. The highest BCUT2D eigenvalue weighted by Gasteiger charge is 2.32. The normalized spacial score (nSPS) is 14.1. The van der Waals surface area contributed by atoms with Gasteiger partial charge in [-0.15, -0.1) is 0 Å². The Morgan fingerprint density at radius 2 is 1.92 bits per heavy atom. The lowest BCUT2D eigenvalue weighted by Crippen LogP contribution is -2.17. The Hall–Kier alpha value is -3.93. The number of rotatable bonds is 4. The monoisotopic (exact) mass is 514 g/mol. The van der Waals surface area contributed by atoms with Gasteiger partial charge in [-0.2, -0.15) is 18.2 Å². The Balaban J connectivity index is 1.58. The SMILES string of the molecule is CN=c1ncc2cc(-c3cc(NS(=O)(=O)c4cccc(C(F)(F)F)c4)ccc3C)c3n(c-2n1)CCN3. The Morgan fingerprint density at radius 3 is 2.67 bits per heavy atom. The van der Waals surface area contributed by atoms with Crippen molar-refractivity contribution in [2.45, 2.75) is 24.5 Å². The van der Waals surface area contributed by atoms with Gasteiger partial charge in [0.1, 0.15) is 11.6 Å². The largest absolute Gasteiger partial charge is 0.416 e. The predicted octanol–water partition coefficient (Wildman–Crippen LogP) is 4.13. The van der Waals surface area contributed by atoms with Gasteiger partial charge in [-0.05, 0) is 54.4 Å². The van der Waals surface area contributed by atoms with Crippen LogP contribution < -0.4 is 15.7 Å². The molecule has 0 saturated heterocycles. The number of benzene rings is 2. The van der Waals surface area contributed by atoms with Crippen LogP contribution >= 0.6 is 0 Å². The summed E-state index contributed by atoms with van der Waals surface area (Å²) in [6.07, 6.45) is -2.96. The van der Waals surface area contributed by atoms with E-state index in [2.05, 4.69) is 25.0 Å². The minimum Gasteiger partial charge on any atom is -0.369 e. The minimum absolute atomic E-state index is 0.223. The molecule has 0 unspecified atom stereocenters. The van der Waals surface area contributed by atoms with E-state index in [0.29, 0.717) is 24.8 Å². The van der Waals surface area contributed by atoms with Gasteiger partial charge in [0.05, 0.1) is 10.5 Å². The van der Waals surface area contributed by atoms with Gasteiger partial charge in [0, 0.05) is 43.1 Å². The van der Waals surface area contributed by atoms with Gasteiger partial charge in [-0.1, -0.05) is 12.1 Å². The van der Waals surface area contributed by atoms with Gasteiger partial charge < -0.3 is 9.88 Å². The Morgan fingerprint density at radius 1 is 1.11 bits per heavy atom. The second kappa shape index (κ2) is 8.63. The molecule has 0 atom stereocenters. The number of hydrogen-bond acceptors (Lipinski definition) is 6. The fourth-order valence-corrected chi connectivity index (χ4v) is 5.30. The molecular formula is C24H21F3N6O2S. The van der Waals surface area contributed by atoms with E-state index in [-0.39, 0.29) is 5.69 Å². The highest BCUT2D eigenvalue weighted by molar-refractivity contribution is 7.92. The summed E-state index contributed by atoms with van der Waals surface area (Å²) in [7, 11) is -2.64. The van der Waals surface area contributed by atoms with Crippen LogP contribution in [0.2, 0.25) is 0 Å². The van der Waals surface area contributed by atoms with E-state index in [4.69, 9.17) is 0 Å². The summed E-state index contributed by atoms with van der Waals surface area (Å²) in [6.45, 7) is 3.27. The Labute approximate surface area is 205 Å². The molecule has 0 bridgehead atoms. The number of pyridine rings is 1. The van der Waals surface area contributed by atoms with Gasteiger partial charge >= 0.3 is 6.18 Å². The van der Waals surface area contributed by atoms with Crippen LogP contribution in [-0.4, -0.2) is 36.5 Å². The number of nitrogens with zero attached hydrogens (tertiary/aromatic N) is 4. The number of nitrogens with one attached hydrogen (secondary N) is 2. The second-order valence-corrected chi connectivity index (χ2v) is 10.0. The zero-order valence-corrected chi connectivity index (χ0v) is 20.1. The minimum atomic E-state index is -4.65. The average molecular weight is 515 g/mol. The zero-order chi connectivity index (χ0) is 25.7. The maximum atomic E-state index is 13.1. The highest BCUT2D eigenvalue weighted by Crippen LogP contribution is 2.39. The summed E-state index contributed by atoms with van der Waals surface area (Å²) in [5, 5.41) is 3.36. The molecule has 0 spiro atoms. The molecule has 186 valence electrons. The number of anilines is 2. The van der Waals surface area contributed by atoms with Crippen molar-refractivity contribution in [1.82, 2.24) is 14.5 Å². The molecule has 2 N–H and O–H groups in total. The third-order valence-corrected chi connectivity index (χ3v) is 7.32. The molecule has 0 radical (unpaired) electrons. The topological polar surface area (TPSA) is 101 Å². The van der Waals surface area contributed by atoms with Crippen LogP contribution in [0.15, 0.2) is 64.6 Å². The van der Waals surface area contributed by atoms with E-state index < -0.39 is 26.7 Å². The lowest BCUT2D eigenvalue weighted by atomic mass is 9.98. The number of alkyl halides is 3. The number of halogens is 3. The molecule has 3 aliphatic rings. The first-order chi connectivity index (χ1) is 17.1. The second-order valence-electron chi connectivity index (χ2n) is 8.32. The van der Waals surface area contributed by atoms with E-state index in [9.17, 15) is 21.6 Å². The van der Waals surface area contributed by atoms with Crippen molar-refractivity contribution >= 4 is 21.5 Å². The first-order valence-electron chi connectivity index (χ1n) is 11.0. The van der Waals surface area contributed by atoms with E-state index in [1.807, 2.05) is 17.6 Å². The molecule has 0 fully saturated rings. The molecule has 36 heavy (non-hydrogen) atoms. The zero-order valence-electron chi connectivity index (χ0n) is 19.3. The van der Waals surface area contributed by atoms with Crippen LogP contribution in [0.5, 0.6) is 0 Å². The standard InChI is InChI=1S/C24H21F3N6O2S/c1-14-6-7-17(32-36(34,35)18-5-3-4-16(11-18)24(25,26)27)12-19(14)20-10-15-13-30-23(28-2)31-21(15)33-9-8-29-22(20)33/h3-7,10-13,29,32H,8-9H2,1-2H3. The fraction of sp³-hybridized carbons (Fsp3) is 0.208. The van der Waals surface area contributed by atoms with Crippen molar-refractivity contribution in [2.24, 2.45) is 4.99 Å². The summed E-state index contributed by atoms with van der Waals surface area (Å²) in [5.74, 6) is 1.55. The molecule has 5 rings (SSSR count). The number of aromatic nitrogens is 3. The molecule has 12 heteroatoms. The van der Waals surface area contributed by atoms with Crippen LogP contribution in [0.1, 0.15) is 11.1 Å². The van der Waals surface area contributed by atoms with Crippen molar-refractivity contribution in [3.63, 3.8) is 0 Å². The fourth-order valence-electron chi connectivity index (χ4n) is 4.20. The van der Waals surface area contributed by atoms with Gasteiger partial charge in [0.15, 0.2) is 0 Å². The first kappa shape index (κ1) is 23.8. The van der Waals surface area contributed by atoms with Crippen molar-refractivity contribution in [3.8, 4) is 22.5 Å². The van der Waals surface area contributed by atoms with Crippen molar-refractivity contribution in [3.05, 3.63) is 71.5 Å². The van der Waals surface area contributed by atoms with Gasteiger partial charge in [0.25, 0.3) is 10.0 Å². The molecule has 2 aromatic rings.